The molecule has 0 saturated heterocycles. The van der Waals surface area contributed by atoms with E-state index in [0.29, 0.717) is 28.9 Å². The number of amides is 1. The lowest BCUT2D eigenvalue weighted by Gasteiger charge is -2.23. The van der Waals surface area contributed by atoms with E-state index in [-0.39, 0.29) is 5.91 Å². The molecule has 30 heavy (non-hydrogen) atoms. The van der Waals surface area contributed by atoms with Gasteiger partial charge >= 0.3 is 0 Å². The van der Waals surface area contributed by atoms with Gasteiger partial charge in [-0.05, 0) is 47.7 Å². The molecule has 3 aromatic carbocycles. The first-order valence-corrected chi connectivity index (χ1v) is 10.8. The molecule has 1 fully saturated rings. The molecule has 0 heterocycles. The third-order valence-electron chi connectivity index (χ3n) is 5.70. The average molecular weight is 423 g/mol. The third kappa shape index (κ3) is 4.77. The number of aryl methyl sites for hydroxylation is 1. The molecule has 156 valence electrons. The van der Waals surface area contributed by atoms with Gasteiger partial charge in [-0.3, -0.25) is 9.69 Å². The summed E-state index contributed by atoms with van der Waals surface area (Å²) < 4.78 is 5.37. The number of halogens is 1. The van der Waals surface area contributed by atoms with Gasteiger partial charge < -0.3 is 10.1 Å². The molecule has 0 spiro atoms. The molecule has 4 nitrogen and oxygen atoms in total. The Morgan fingerprint density at radius 1 is 1.17 bits per heavy atom. The van der Waals surface area contributed by atoms with E-state index in [2.05, 4.69) is 52.7 Å². The number of methoxy groups -OCH3 is 1. The fraction of sp³-hybridized carbons (Fsp3) is 0.320. The molecule has 1 saturated carbocycles. The number of hydrogen-bond acceptors (Lipinski definition) is 3. The van der Waals surface area contributed by atoms with Crippen LogP contribution in [0.4, 0.5) is 5.69 Å². The molecular weight excluding hydrogens is 396 g/mol. The minimum Gasteiger partial charge on any atom is -0.495 e. The van der Waals surface area contributed by atoms with E-state index < -0.39 is 0 Å². The highest BCUT2D eigenvalue weighted by atomic mass is 35.5. The monoisotopic (exact) mass is 422 g/mol. The van der Waals surface area contributed by atoms with Crippen LogP contribution in [0.25, 0.3) is 10.8 Å². The highest BCUT2D eigenvalue weighted by Crippen LogP contribution is 2.32. The summed E-state index contributed by atoms with van der Waals surface area (Å²) in [5.41, 5.74) is 2.88. The lowest BCUT2D eigenvalue weighted by Crippen LogP contribution is -2.29. The van der Waals surface area contributed by atoms with Crippen LogP contribution in [0, 0.1) is 6.92 Å². The predicted octanol–water partition coefficient (Wildman–Crippen LogP) is 5.80. The Hall–Kier alpha value is -2.56. The second kappa shape index (κ2) is 9.07. The van der Waals surface area contributed by atoms with E-state index in [0.717, 1.165) is 18.7 Å². The highest BCUT2D eigenvalue weighted by molar-refractivity contribution is 6.31. The first kappa shape index (κ1) is 20.7. The molecule has 3 aromatic rings. The molecule has 1 N–H and O–H groups in total. The van der Waals surface area contributed by atoms with Crippen LogP contribution in [0.1, 0.15) is 30.4 Å². The molecule has 4 rings (SSSR count). The summed E-state index contributed by atoms with van der Waals surface area (Å²) in [5, 5.41) is 6.16. The van der Waals surface area contributed by atoms with Crippen LogP contribution in [-0.2, 0) is 11.3 Å². The van der Waals surface area contributed by atoms with Crippen molar-refractivity contribution in [3.8, 4) is 5.75 Å². The Bertz CT molecular complexity index is 1060. The summed E-state index contributed by atoms with van der Waals surface area (Å²) in [6, 6.07) is 19.1. The Morgan fingerprint density at radius 2 is 1.93 bits per heavy atom. The first-order chi connectivity index (χ1) is 14.5. The van der Waals surface area contributed by atoms with Crippen LogP contribution in [0.3, 0.4) is 0 Å². The number of nitrogens with zero attached hydrogens (tertiary/aromatic N) is 1. The number of rotatable bonds is 8. The molecule has 0 unspecified atom stereocenters. The lowest BCUT2D eigenvalue weighted by molar-refractivity contribution is -0.116. The van der Waals surface area contributed by atoms with Crippen molar-refractivity contribution in [1.29, 1.82) is 0 Å². The van der Waals surface area contributed by atoms with Crippen LogP contribution in [-0.4, -0.2) is 30.5 Å². The minimum atomic E-state index is -0.0152. The van der Waals surface area contributed by atoms with Crippen molar-refractivity contribution in [2.24, 2.45) is 0 Å². The standard InChI is InChI=1S/C25H27ClN2O2/c1-17-14-23(24(30-2)15-22(17)26)27-25(29)12-13-28(20-10-11-20)16-19-8-5-7-18-6-3-4-9-21(18)19/h3-9,14-15,20H,10-13,16H2,1-2H3,(H,27,29). The fourth-order valence-corrected chi connectivity index (χ4v) is 4.02. The number of anilines is 1. The molecule has 1 aliphatic rings. The molecule has 0 aromatic heterocycles. The van der Waals surface area contributed by atoms with Crippen LogP contribution >= 0.6 is 11.6 Å². The topological polar surface area (TPSA) is 41.6 Å². The predicted molar refractivity (Wildman–Crippen MR) is 123 cm³/mol. The smallest absolute Gasteiger partial charge is 0.225 e. The van der Waals surface area contributed by atoms with Crippen molar-refractivity contribution in [1.82, 2.24) is 4.90 Å². The maximum Gasteiger partial charge on any atom is 0.225 e. The lowest BCUT2D eigenvalue weighted by atomic mass is 10.0. The molecular formula is C25H27ClN2O2. The number of carbonyl (C=O) groups excluding carboxylic acids is 1. The quantitative estimate of drug-likeness (QED) is 0.498. The van der Waals surface area contributed by atoms with E-state index in [1.807, 2.05) is 13.0 Å². The Kier molecular flexibility index (Phi) is 6.26. The van der Waals surface area contributed by atoms with E-state index >= 15 is 0 Å². The van der Waals surface area contributed by atoms with Crippen molar-refractivity contribution >= 4 is 34.0 Å². The van der Waals surface area contributed by atoms with Crippen LogP contribution < -0.4 is 10.1 Å². The molecule has 0 aliphatic heterocycles. The Morgan fingerprint density at radius 3 is 2.70 bits per heavy atom. The Balaban J connectivity index is 1.42. The fourth-order valence-electron chi connectivity index (χ4n) is 3.87. The zero-order valence-electron chi connectivity index (χ0n) is 17.5. The number of carbonyl (C=O) groups is 1. The van der Waals surface area contributed by atoms with Gasteiger partial charge in [0.25, 0.3) is 0 Å². The number of benzene rings is 3. The molecule has 0 radical (unpaired) electrons. The zero-order chi connectivity index (χ0) is 21.1. The van der Waals surface area contributed by atoms with Crippen molar-refractivity contribution in [2.75, 3.05) is 19.0 Å². The van der Waals surface area contributed by atoms with Gasteiger partial charge in [0.1, 0.15) is 5.75 Å². The van der Waals surface area contributed by atoms with Crippen molar-refractivity contribution < 1.29 is 9.53 Å². The number of ether oxygens (including phenoxy) is 1. The molecule has 1 amide bonds. The Labute approximate surface area is 182 Å². The summed E-state index contributed by atoms with van der Waals surface area (Å²) >= 11 is 6.16. The number of hydrogen-bond donors (Lipinski definition) is 1. The van der Waals surface area contributed by atoms with Crippen LogP contribution in [0.2, 0.25) is 5.02 Å². The van der Waals surface area contributed by atoms with Crippen molar-refractivity contribution in [3.05, 3.63) is 70.7 Å². The van der Waals surface area contributed by atoms with Crippen molar-refractivity contribution in [3.63, 3.8) is 0 Å². The zero-order valence-corrected chi connectivity index (χ0v) is 18.2. The van der Waals surface area contributed by atoms with Crippen LogP contribution in [0.5, 0.6) is 5.75 Å². The van der Waals surface area contributed by atoms with E-state index in [1.54, 1.807) is 13.2 Å². The van der Waals surface area contributed by atoms with Gasteiger partial charge in [-0.15, -0.1) is 0 Å². The van der Waals surface area contributed by atoms with E-state index in [1.165, 1.54) is 29.2 Å². The van der Waals surface area contributed by atoms with Gasteiger partial charge in [-0.25, -0.2) is 0 Å². The molecule has 5 heteroatoms. The van der Waals surface area contributed by atoms with E-state index in [4.69, 9.17) is 16.3 Å². The van der Waals surface area contributed by atoms with E-state index in [9.17, 15) is 4.79 Å². The molecule has 0 bridgehead atoms. The van der Waals surface area contributed by atoms with Crippen LogP contribution in [0.15, 0.2) is 54.6 Å². The maximum atomic E-state index is 12.7. The van der Waals surface area contributed by atoms with Gasteiger partial charge in [0, 0.05) is 36.6 Å². The summed E-state index contributed by atoms with van der Waals surface area (Å²) in [7, 11) is 1.58. The molecule has 0 atom stereocenters. The summed E-state index contributed by atoms with van der Waals surface area (Å²) in [4.78, 5) is 15.1. The largest absolute Gasteiger partial charge is 0.495 e. The number of nitrogens with one attached hydrogen (secondary N) is 1. The van der Waals surface area contributed by atoms with Gasteiger partial charge in [-0.1, -0.05) is 54.1 Å². The summed E-state index contributed by atoms with van der Waals surface area (Å²) in [6.07, 6.45) is 2.85. The second-order valence-corrected chi connectivity index (χ2v) is 8.35. The average Bonchev–Trinajstić information content (AvgIpc) is 3.59. The van der Waals surface area contributed by atoms with Gasteiger partial charge in [-0.2, -0.15) is 0 Å². The maximum absolute atomic E-state index is 12.7. The SMILES string of the molecule is COc1cc(Cl)c(C)cc1NC(=O)CCN(Cc1cccc2ccccc12)C1CC1. The minimum absolute atomic E-state index is 0.0152. The summed E-state index contributed by atoms with van der Waals surface area (Å²) in [6.45, 7) is 3.51. The van der Waals surface area contributed by atoms with Crippen molar-refractivity contribution in [2.45, 2.75) is 38.8 Å². The van der Waals surface area contributed by atoms with Gasteiger partial charge in [0.15, 0.2) is 0 Å². The summed E-state index contributed by atoms with van der Waals surface area (Å²) in [5.74, 6) is 0.562. The first-order valence-electron chi connectivity index (χ1n) is 10.4. The molecule has 1 aliphatic carbocycles. The third-order valence-corrected chi connectivity index (χ3v) is 6.10. The number of fused-ring (bicyclic) bond motifs is 1. The van der Waals surface area contributed by atoms with Gasteiger partial charge in [0.05, 0.1) is 12.8 Å². The highest BCUT2D eigenvalue weighted by Gasteiger charge is 2.29. The second-order valence-electron chi connectivity index (χ2n) is 7.94. The van der Waals surface area contributed by atoms with Gasteiger partial charge in [0.2, 0.25) is 5.91 Å². The normalized spacial score (nSPS) is 13.6.